The van der Waals surface area contributed by atoms with Crippen molar-refractivity contribution in [1.29, 1.82) is 0 Å². The standard InChI is InChI=1S/C24H28FN5O7S/c1-14-6-5-7-18(16(14)13-30(38(33)34)9-8-21(31)32)28-23-17(25)12-26-24(29-23)27-15-10-19(35-2)22(37-4)20(11-15)36-3/h5-7,10-12H,8-9,13H2,1-4H3,(H,31,32)(H,33,34)(H2,26,27,28,29). The molecule has 204 valence electrons. The second kappa shape index (κ2) is 13.0. The van der Waals surface area contributed by atoms with E-state index in [1.807, 2.05) is 0 Å². The zero-order chi connectivity index (χ0) is 27.8. The van der Waals surface area contributed by atoms with Crippen LogP contribution in [-0.4, -0.2) is 62.0 Å². The number of anilines is 4. The van der Waals surface area contributed by atoms with Gasteiger partial charge in [-0.3, -0.25) is 9.35 Å². The quantitative estimate of drug-likeness (QED) is 0.230. The number of methoxy groups -OCH3 is 3. The molecule has 0 fully saturated rings. The highest BCUT2D eigenvalue weighted by Crippen LogP contribution is 2.40. The summed E-state index contributed by atoms with van der Waals surface area (Å²) in [6, 6.07) is 8.45. The van der Waals surface area contributed by atoms with E-state index in [1.165, 1.54) is 21.3 Å². The molecule has 2 aromatic carbocycles. The van der Waals surface area contributed by atoms with Crippen molar-refractivity contribution in [3.05, 3.63) is 53.5 Å². The van der Waals surface area contributed by atoms with Crippen molar-refractivity contribution in [2.75, 3.05) is 38.5 Å². The van der Waals surface area contributed by atoms with Crippen LogP contribution in [0.4, 0.5) is 27.5 Å². The topological polar surface area (TPSA) is 155 Å². The maximum absolute atomic E-state index is 14.7. The Morgan fingerprint density at radius 1 is 1.13 bits per heavy atom. The van der Waals surface area contributed by atoms with E-state index in [4.69, 9.17) is 19.3 Å². The van der Waals surface area contributed by atoms with Crippen molar-refractivity contribution in [3.63, 3.8) is 0 Å². The van der Waals surface area contributed by atoms with E-state index in [2.05, 4.69) is 20.6 Å². The first-order valence-corrected chi connectivity index (χ1v) is 12.3. The van der Waals surface area contributed by atoms with Crippen LogP contribution in [0.5, 0.6) is 17.2 Å². The number of halogens is 1. The molecule has 38 heavy (non-hydrogen) atoms. The van der Waals surface area contributed by atoms with Crippen LogP contribution in [0.25, 0.3) is 0 Å². The summed E-state index contributed by atoms with van der Waals surface area (Å²) in [5.41, 5.74) is 2.23. The lowest BCUT2D eigenvalue weighted by molar-refractivity contribution is -0.137. The van der Waals surface area contributed by atoms with Gasteiger partial charge in [0.15, 0.2) is 23.1 Å². The number of aryl methyl sites for hydroxylation is 1. The normalized spacial score (nSPS) is 11.7. The molecule has 0 aliphatic carbocycles. The molecule has 1 unspecified atom stereocenters. The first kappa shape index (κ1) is 28.6. The SMILES string of the molecule is COc1cc(Nc2ncc(F)c(Nc3cccc(C)c3CN(CCC(=O)O)S(=O)O)n2)cc(OC)c1OC. The van der Waals surface area contributed by atoms with Crippen LogP contribution in [0.15, 0.2) is 36.5 Å². The van der Waals surface area contributed by atoms with Gasteiger partial charge in [0.2, 0.25) is 23.0 Å². The van der Waals surface area contributed by atoms with Crippen LogP contribution in [0, 0.1) is 12.7 Å². The molecule has 0 saturated heterocycles. The minimum atomic E-state index is -2.42. The maximum Gasteiger partial charge on any atom is 0.304 e. The van der Waals surface area contributed by atoms with E-state index in [-0.39, 0.29) is 31.3 Å². The zero-order valence-electron chi connectivity index (χ0n) is 21.1. The first-order chi connectivity index (χ1) is 18.2. The molecule has 0 amide bonds. The number of benzene rings is 2. The minimum Gasteiger partial charge on any atom is -0.493 e. The third kappa shape index (κ3) is 7.06. The monoisotopic (exact) mass is 549 g/mol. The predicted octanol–water partition coefficient (Wildman–Crippen LogP) is 3.85. The average molecular weight is 550 g/mol. The van der Waals surface area contributed by atoms with Gasteiger partial charge in [-0.2, -0.15) is 9.29 Å². The Labute approximate surface area is 221 Å². The highest BCUT2D eigenvalue weighted by molar-refractivity contribution is 7.76. The third-order valence-corrected chi connectivity index (χ3v) is 6.21. The number of ether oxygens (including phenoxy) is 3. The number of carboxylic acids is 1. The lowest BCUT2D eigenvalue weighted by Gasteiger charge is -2.21. The summed E-state index contributed by atoms with van der Waals surface area (Å²) in [7, 11) is 4.44. The Hall–Kier alpha value is -4.01. The van der Waals surface area contributed by atoms with Crippen LogP contribution in [0.1, 0.15) is 17.5 Å². The van der Waals surface area contributed by atoms with Crippen molar-refractivity contribution in [2.24, 2.45) is 0 Å². The summed E-state index contributed by atoms with van der Waals surface area (Å²) in [4.78, 5) is 19.2. The molecule has 0 aliphatic rings. The molecule has 4 N–H and O–H groups in total. The largest absolute Gasteiger partial charge is 0.493 e. The maximum atomic E-state index is 14.7. The summed E-state index contributed by atoms with van der Waals surface area (Å²) in [6.07, 6.45) is 0.671. The van der Waals surface area contributed by atoms with Gasteiger partial charge in [0.05, 0.1) is 33.9 Å². The minimum absolute atomic E-state index is 0.0609. The molecular formula is C24H28FN5O7S. The molecule has 0 aliphatic heterocycles. The van der Waals surface area contributed by atoms with Crippen molar-refractivity contribution < 1.29 is 37.3 Å². The van der Waals surface area contributed by atoms with Crippen LogP contribution in [0.2, 0.25) is 0 Å². The Kier molecular flexibility index (Phi) is 9.76. The summed E-state index contributed by atoms with van der Waals surface area (Å²) >= 11 is -2.42. The molecule has 0 bridgehead atoms. The molecule has 0 radical (unpaired) electrons. The second-order valence-corrected chi connectivity index (χ2v) is 8.87. The fourth-order valence-corrected chi connectivity index (χ4v) is 4.05. The zero-order valence-corrected chi connectivity index (χ0v) is 22.0. The average Bonchev–Trinajstić information content (AvgIpc) is 2.88. The number of hydrogen-bond acceptors (Lipinski definition) is 9. The Balaban J connectivity index is 1.90. The highest BCUT2D eigenvalue weighted by Gasteiger charge is 2.19. The molecule has 3 rings (SSSR count). The van der Waals surface area contributed by atoms with Gasteiger partial charge in [0, 0.05) is 36.6 Å². The first-order valence-electron chi connectivity index (χ1n) is 11.2. The summed E-state index contributed by atoms with van der Waals surface area (Å²) in [5, 5.41) is 14.9. The van der Waals surface area contributed by atoms with Gasteiger partial charge in [0.1, 0.15) is 0 Å². The lowest BCUT2D eigenvalue weighted by atomic mass is 10.1. The number of rotatable bonds is 13. The van der Waals surface area contributed by atoms with Crippen LogP contribution in [0.3, 0.4) is 0 Å². The van der Waals surface area contributed by atoms with E-state index < -0.39 is 23.1 Å². The van der Waals surface area contributed by atoms with Crippen molar-refractivity contribution in [2.45, 2.75) is 19.9 Å². The Morgan fingerprint density at radius 3 is 2.39 bits per heavy atom. The van der Waals surface area contributed by atoms with Gasteiger partial charge in [-0.1, -0.05) is 12.1 Å². The number of carboxylic acid groups (broad SMARTS) is 1. The molecule has 0 spiro atoms. The summed E-state index contributed by atoms with van der Waals surface area (Å²) in [6.45, 7) is 1.57. The molecule has 1 heterocycles. The fourth-order valence-electron chi connectivity index (χ4n) is 3.56. The van der Waals surface area contributed by atoms with E-state index in [9.17, 15) is 17.9 Å². The lowest BCUT2D eigenvalue weighted by Crippen LogP contribution is -2.28. The molecule has 3 aromatic rings. The summed E-state index contributed by atoms with van der Waals surface area (Å²) in [5.74, 6) is -0.724. The molecule has 1 atom stereocenters. The molecule has 1 aromatic heterocycles. The molecule has 12 nitrogen and oxygen atoms in total. The second-order valence-electron chi connectivity index (χ2n) is 7.89. The van der Waals surface area contributed by atoms with Crippen LogP contribution < -0.4 is 24.8 Å². The summed E-state index contributed by atoms with van der Waals surface area (Å²) < 4.78 is 53.3. The van der Waals surface area contributed by atoms with Crippen molar-refractivity contribution >= 4 is 40.4 Å². The number of hydrogen-bond donors (Lipinski definition) is 4. The molecule has 0 saturated carbocycles. The van der Waals surface area contributed by atoms with Gasteiger partial charge in [-0.05, 0) is 24.1 Å². The van der Waals surface area contributed by atoms with E-state index in [1.54, 1.807) is 37.3 Å². The number of nitrogens with one attached hydrogen (secondary N) is 2. The highest BCUT2D eigenvalue weighted by atomic mass is 32.2. The van der Waals surface area contributed by atoms with E-state index in [0.29, 0.717) is 34.2 Å². The van der Waals surface area contributed by atoms with Gasteiger partial charge in [0.25, 0.3) is 0 Å². The Morgan fingerprint density at radius 2 is 1.82 bits per heavy atom. The number of carbonyl (C=O) groups is 1. The third-order valence-electron chi connectivity index (χ3n) is 5.46. The van der Waals surface area contributed by atoms with E-state index in [0.717, 1.165) is 16.1 Å². The molecular weight excluding hydrogens is 521 g/mol. The number of aliphatic carboxylic acids is 1. The fraction of sp³-hybridized carbons (Fsp3) is 0.292. The Bertz CT molecular complexity index is 1300. The van der Waals surface area contributed by atoms with Crippen LogP contribution in [-0.2, 0) is 22.6 Å². The van der Waals surface area contributed by atoms with Crippen LogP contribution >= 0.6 is 0 Å². The number of nitrogens with zero attached hydrogens (tertiary/aromatic N) is 3. The molecule has 14 heteroatoms. The van der Waals surface area contributed by atoms with Crippen molar-refractivity contribution in [1.82, 2.24) is 14.3 Å². The van der Waals surface area contributed by atoms with Gasteiger partial charge in [-0.15, -0.1) is 0 Å². The van der Waals surface area contributed by atoms with Crippen molar-refractivity contribution in [3.8, 4) is 17.2 Å². The smallest absolute Gasteiger partial charge is 0.304 e. The van der Waals surface area contributed by atoms with Gasteiger partial charge in [-0.25, -0.2) is 13.6 Å². The van der Waals surface area contributed by atoms with Gasteiger partial charge < -0.3 is 30.0 Å². The number of aromatic nitrogens is 2. The van der Waals surface area contributed by atoms with E-state index >= 15 is 0 Å². The van der Waals surface area contributed by atoms with Gasteiger partial charge >= 0.3 is 5.97 Å². The predicted molar refractivity (Wildman–Crippen MR) is 139 cm³/mol.